The standard InChI is InChI=1S/C20H36N4O3S2.4CH4/c1-11-21-27-16(14(19(2,3)4)13-12-24(8)23-22-13)17(29-28-10)15(18(25)26-9)20(5,6)7;;;;/h11-12,14-17H,1-10H3;4*1H4/b21-11+;;;;. The van der Waals surface area contributed by atoms with E-state index >= 15 is 0 Å². The number of methoxy groups -OCH3 is 1. The van der Waals surface area contributed by atoms with E-state index in [4.69, 9.17) is 9.57 Å². The first kappa shape index (κ1) is 39.0. The van der Waals surface area contributed by atoms with E-state index in [9.17, 15) is 4.79 Å². The molecule has 0 aliphatic rings. The molecule has 9 heteroatoms. The molecule has 198 valence electrons. The Morgan fingerprint density at radius 2 is 1.67 bits per heavy atom. The van der Waals surface area contributed by atoms with Gasteiger partial charge in [-0.2, -0.15) is 0 Å². The summed E-state index contributed by atoms with van der Waals surface area (Å²) in [6, 6.07) is 0. The maximum Gasteiger partial charge on any atom is 0.310 e. The fourth-order valence-corrected chi connectivity index (χ4v) is 6.07. The van der Waals surface area contributed by atoms with Gasteiger partial charge in [-0.05, 0) is 24.0 Å². The van der Waals surface area contributed by atoms with Crippen molar-refractivity contribution in [2.24, 2.45) is 29.0 Å². The predicted octanol–water partition coefficient (Wildman–Crippen LogP) is 7.10. The van der Waals surface area contributed by atoms with Crippen molar-refractivity contribution in [3.63, 3.8) is 0 Å². The largest absolute Gasteiger partial charge is 0.469 e. The number of aryl methyl sites for hydroxylation is 1. The minimum atomic E-state index is -0.413. The third-order valence-electron chi connectivity index (χ3n) is 4.74. The van der Waals surface area contributed by atoms with Crippen LogP contribution < -0.4 is 0 Å². The summed E-state index contributed by atoms with van der Waals surface area (Å²) in [5, 5.41) is 12.4. The van der Waals surface area contributed by atoms with Gasteiger partial charge in [0, 0.05) is 19.5 Å². The molecule has 0 N–H and O–H groups in total. The molecule has 1 rings (SSSR count). The number of ether oxygens (including phenoxy) is 1. The molecule has 0 fully saturated rings. The lowest BCUT2D eigenvalue weighted by atomic mass is 9.69. The summed E-state index contributed by atoms with van der Waals surface area (Å²) < 4.78 is 6.90. The normalized spacial score (nSPS) is 15.0. The second-order valence-corrected chi connectivity index (χ2v) is 11.8. The first-order chi connectivity index (χ1) is 13.4. The fraction of sp³-hybridized carbons (Fsp3) is 0.833. The molecule has 0 bridgehead atoms. The molecule has 1 aromatic rings. The van der Waals surface area contributed by atoms with Gasteiger partial charge in [-0.25, -0.2) is 0 Å². The van der Waals surface area contributed by atoms with Crippen molar-refractivity contribution in [3.8, 4) is 0 Å². The molecule has 0 saturated carbocycles. The number of aromatic nitrogens is 3. The number of carbonyl (C=O) groups is 1. The van der Waals surface area contributed by atoms with Crippen LogP contribution >= 0.6 is 21.6 Å². The van der Waals surface area contributed by atoms with Crippen LogP contribution in [0, 0.1) is 16.7 Å². The Morgan fingerprint density at radius 1 is 1.12 bits per heavy atom. The highest BCUT2D eigenvalue weighted by Crippen LogP contribution is 2.48. The number of rotatable bonds is 9. The van der Waals surface area contributed by atoms with Gasteiger partial charge in [0.05, 0.1) is 29.9 Å². The number of esters is 1. The lowest BCUT2D eigenvalue weighted by molar-refractivity contribution is -0.151. The van der Waals surface area contributed by atoms with Crippen LogP contribution in [0.1, 0.15) is 89.8 Å². The maximum atomic E-state index is 12.9. The SMILES string of the molecule is C.C.C.C.C/C=N/OC(C(SSC)C(C(=O)OC)C(C)(C)C)C(c1cn(C)nn1)C(C)(C)C. The van der Waals surface area contributed by atoms with Crippen molar-refractivity contribution in [3.05, 3.63) is 11.9 Å². The van der Waals surface area contributed by atoms with E-state index in [-0.39, 0.29) is 57.7 Å². The highest BCUT2D eigenvalue weighted by molar-refractivity contribution is 8.76. The van der Waals surface area contributed by atoms with Gasteiger partial charge >= 0.3 is 5.97 Å². The molecule has 0 radical (unpaired) electrons. The van der Waals surface area contributed by atoms with E-state index in [0.717, 1.165) is 5.69 Å². The van der Waals surface area contributed by atoms with Gasteiger partial charge in [-0.3, -0.25) is 9.48 Å². The van der Waals surface area contributed by atoms with Crippen LogP contribution in [-0.2, 0) is 21.4 Å². The predicted molar refractivity (Wildman–Crippen MR) is 149 cm³/mol. The maximum absolute atomic E-state index is 12.9. The summed E-state index contributed by atoms with van der Waals surface area (Å²) in [5.74, 6) is -0.785. The molecule has 0 aliphatic heterocycles. The topological polar surface area (TPSA) is 78.6 Å². The fourth-order valence-electron chi connectivity index (χ4n) is 3.57. The molecule has 0 spiro atoms. The van der Waals surface area contributed by atoms with Crippen molar-refractivity contribution in [1.82, 2.24) is 15.0 Å². The molecule has 1 aromatic heterocycles. The van der Waals surface area contributed by atoms with Crippen LogP contribution in [0.4, 0.5) is 0 Å². The Bertz CT molecular complexity index is 682. The molecule has 0 amide bonds. The number of hydrogen-bond donors (Lipinski definition) is 0. The molecular formula is C24H52N4O3S2. The minimum Gasteiger partial charge on any atom is -0.469 e. The minimum absolute atomic E-state index is 0. The Kier molecular flexibility index (Phi) is 19.4. The lowest BCUT2D eigenvalue weighted by Crippen LogP contribution is -2.48. The van der Waals surface area contributed by atoms with E-state index in [1.54, 1.807) is 32.5 Å². The second-order valence-electron chi connectivity index (χ2n) is 9.19. The molecule has 33 heavy (non-hydrogen) atoms. The third-order valence-corrected chi connectivity index (χ3v) is 6.94. The van der Waals surface area contributed by atoms with Gasteiger partial charge in [0.15, 0.2) is 0 Å². The van der Waals surface area contributed by atoms with Crippen molar-refractivity contribution < 1.29 is 14.4 Å². The second kappa shape index (κ2) is 16.4. The van der Waals surface area contributed by atoms with E-state index in [2.05, 4.69) is 57.0 Å². The van der Waals surface area contributed by atoms with E-state index in [0.29, 0.717) is 0 Å². The molecule has 1 heterocycles. The number of nitrogens with zero attached hydrogens (tertiary/aromatic N) is 4. The van der Waals surface area contributed by atoms with Gasteiger partial charge in [0.2, 0.25) is 0 Å². The smallest absolute Gasteiger partial charge is 0.310 e. The van der Waals surface area contributed by atoms with Crippen LogP contribution in [0.15, 0.2) is 11.4 Å². The monoisotopic (exact) mass is 508 g/mol. The number of hydrogen-bond acceptors (Lipinski definition) is 8. The summed E-state index contributed by atoms with van der Waals surface area (Å²) in [5.41, 5.74) is 0.281. The Labute approximate surface area is 212 Å². The highest BCUT2D eigenvalue weighted by atomic mass is 33.1. The molecule has 4 unspecified atom stereocenters. The van der Waals surface area contributed by atoms with Crippen LogP contribution in [0.5, 0.6) is 0 Å². The molecule has 0 aromatic carbocycles. The molecule has 7 nitrogen and oxygen atoms in total. The summed E-state index contributed by atoms with van der Waals surface area (Å²) in [6.45, 7) is 14.4. The Morgan fingerprint density at radius 3 is 2.00 bits per heavy atom. The van der Waals surface area contributed by atoms with Crippen LogP contribution in [0.2, 0.25) is 0 Å². The van der Waals surface area contributed by atoms with Crippen LogP contribution in [0.3, 0.4) is 0 Å². The van der Waals surface area contributed by atoms with Gasteiger partial charge < -0.3 is 9.57 Å². The first-order valence-electron chi connectivity index (χ1n) is 9.65. The van der Waals surface area contributed by atoms with Crippen LogP contribution in [0.25, 0.3) is 0 Å². The third kappa shape index (κ3) is 10.7. The van der Waals surface area contributed by atoms with Gasteiger partial charge in [-0.1, -0.05) is 103 Å². The molecular weight excluding hydrogens is 456 g/mol. The summed E-state index contributed by atoms with van der Waals surface area (Å²) in [7, 11) is 6.51. The summed E-state index contributed by atoms with van der Waals surface area (Å²) in [4.78, 5) is 19.0. The first-order valence-corrected chi connectivity index (χ1v) is 12.3. The average molecular weight is 509 g/mol. The molecule has 0 saturated heterocycles. The molecule has 0 aliphatic carbocycles. The van der Waals surface area contributed by atoms with Gasteiger partial charge in [0.1, 0.15) is 6.10 Å². The number of carbonyl (C=O) groups excluding carboxylic acids is 1. The quantitative estimate of drug-likeness (QED) is 0.152. The Balaban J connectivity index is -0.00000105. The zero-order valence-corrected chi connectivity index (χ0v) is 20.9. The Hall–Kier alpha value is -1.22. The summed E-state index contributed by atoms with van der Waals surface area (Å²) in [6.07, 6.45) is 5.12. The molecule has 4 atom stereocenters. The van der Waals surface area contributed by atoms with E-state index < -0.39 is 12.0 Å². The zero-order chi connectivity index (χ0) is 22.4. The zero-order valence-electron chi connectivity index (χ0n) is 19.3. The summed E-state index contributed by atoms with van der Waals surface area (Å²) >= 11 is 0. The lowest BCUT2D eigenvalue weighted by Gasteiger charge is -2.42. The van der Waals surface area contributed by atoms with Crippen molar-refractivity contribution in [1.29, 1.82) is 0 Å². The van der Waals surface area contributed by atoms with Crippen molar-refractivity contribution >= 4 is 33.8 Å². The number of oxime groups is 1. The van der Waals surface area contributed by atoms with Gasteiger partial charge in [-0.15, -0.1) is 5.10 Å². The van der Waals surface area contributed by atoms with Crippen molar-refractivity contribution in [2.45, 2.75) is 95.4 Å². The average Bonchev–Trinajstić information content (AvgIpc) is 3.01. The van der Waals surface area contributed by atoms with Gasteiger partial charge in [0.25, 0.3) is 0 Å². The highest BCUT2D eigenvalue weighted by Gasteiger charge is 2.50. The van der Waals surface area contributed by atoms with Crippen molar-refractivity contribution in [2.75, 3.05) is 13.4 Å². The van der Waals surface area contributed by atoms with Crippen LogP contribution in [-0.4, -0.2) is 51.9 Å². The van der Waals surface area contributed by atoms with E-state index in [1.807, 2.05) is 26.4 Å². The van der Waals surface area contributed by atoms with E-state index in [1.165, 1.54) is 7.11 Å².